The van der Waals surface area contributed by atoms with Crippen LogP contribution < -0.4 is 5.73 Å². The normalized spacial score (nSPS) is 21.6. The van der Waals surface area contributed by atoms with Crippen molar-refractivity contribution in [3.63, 3.8) is 0 Å². The van der Waals surface area contributed by atoms with Crippen LogP contribution in [0.15, 0.2) is 28.7 Å². The van der Waals surface area contributed by atoms with E-state index >= 15 is 0 Å². The fraction of sp³-hybridized carbons (Fsp3) is 0.600. The minimum atomic E-state index is 0.277. The summed E-state index contributed by atoms with van der Waals surface area (Å²) >= 11 is 3.53. The van der Waals surface area contributed by atoms with Gasteiger partial charge in [0.1, 0.15) is 0 Å². The zero-order chi connectivity index (χ0) is 13.7. The van der Waals surface area contributed by atoms with E-state index in [2.05, 4.69) is 46.1 Å². The van der Waals surface area contributed by atoms with Gasteiger partial charge in [-0.2, -0.15) is 0 Å². The Balaban J connectivity index is 1.99. The van der Waals surface area contributed by atoms with Gasteiger partial charge < -0.3 is 10.5 Å². The summed E-state index contributed by atoms with van der Waals surface area (Å²) < 4.78 is 6.66. The van der Waals surface area contributed by atoms with Crippen molar-refractivity contribution in [1.82, 2.24) is 4.90 Å². The summed E-state index contributed by atoms with van der Waals surface area (Å²) in [6.07, 6.45) is 2.45. The Kier molecular flexibility index (Phi) is 5.82. The fourth-order valence-electron chi connectivity index (χ4n) is 2.77. The van der Waals surface area contributed by atoms with E-state index in [9.17, 15) is 0 Å². The van der Waals surface area contributed by atoms with Gasteiger partial charge in [-0.1, -0.05) is 28.1 Å². The molecular formula is C15H23BrN2O. The van der Waals surface area contributed by atoms with Crippen LogP contribution in [0.4, 0.5) is 0 Å². The summed E-state index contributed by atoms with van der Waals surface area (Å²) in [7, 11) is 2.16. The molecule has 19 heavy (non-hydrogen) atoms. The van der Waals surface area contributed by atoms with Crippen molar-refractivity contribution in [3.8, 4) is 0 Å². The molecule has 1 aromatic rings. The van der Waals surface area contributed by atoms with Gasteiger partial charge in [0.2, 0.25) is 0 Å². The number of rotatable bonds is 5. The Hall–Kier alpha value is -0.420. The summed E-state index contributed by atoms with van der Waals surface area (Å²) in [5.41, 5.74) is 7.25. The van der Waals surface area contributed by atoms with Gasteiger partial charge in [-0.3, -0.25) is 4.90 Å². The molecule has 0 saturated carbocycles. The molecule has 2 rings (SSSR count). The molecule has 1 aromatic carbocycles. The van der Waals surface area contributed by atoms with Crippen molar-refractivity contribution in [1.29, 1.82) is 0 Å². The van der Waals surface area contributed by atoms with E-state index in [1.807, 2.05) is 6.07 Å². The number of hydrogen-bond acceptors (Lipinski definition) is 3. The number of likely N-dealkylation sites (N-methyl/N-ethyl adjacent to an activating group) is 1. The Morgan fingerprint density at radius 2 is 2.37 bits per heavy atom. The standard InChI is InChI=1S/C15H23BrN2O/c1-18(10-12-4-3-7-19-11-12)15(9-17)13-5-2-6-14(16)8-13/h2,5-6,8,12,15H,3-4,7,9-11,17H2,1H3. The Bertz CT molecular complexity index is 393. The molecule has 0 radical (unpaired) electrons. The van der Waals surface area contributed by atoms with E-state index in [4.69, 9.17) is 10.5 Å². The molecule has 106 valence electrons. The zero-order valence-corrected chi connectivity index (χ0v) is 13.1. The van der Waals surface area contributed by atoms with E-state index in [0.717, 1.165) is 24.2 Å². The molecule has 0 aliphatic carbocycles. The van der Waals surface area contributed by atoms with Gasteiger partial charge in [0.15, 0.2) is 0 Å². The quantitative estimate of drug-likeness (QED) is 0.904. The van der Waals surface area contributed by atoms with Crippen LogP contribution in [-0.2, 0) is 4.74 Å². The van der Waals surface area contributed by atoms with Crippen molar-refractivity contribution in [2.45, 2.75) is 18.9 Å². The predicted molar refractivity (Wildman–Crippen MR) is 82.1 cm³/mol. The van der Waals surface area contributed by atoms with Crippen LogP contribution in [0.3, 0.4) is 0 Å². The van der Waals surface area contributed by atoms with Gasteiger partial charge in [0.25, 0.3) is 0 Å². The lowest BCUT2D eigenvalue weighted by Crippen LogP contribution is -2.36. The second-order valence-electron chi connectivity index (χ2n) is 5.33. The third-order valence-electron chi connectivity index (χ3n) is 3.79. The number of nitrogens with two attached hydrogens (primary N) is 1. The van der Waals surface area contributed by atoms with Crippen molar-refractivity contribution in [3.05, 3.63) is 34.3 Å². The third-order valence-corrected chi connectivity index (χ3v) is 4.28. The number of benzene rings is 1. The summed E-state index contributed by atoms with van der Waals surface area (Å²) in [6, 6.07) is 8.70. The first-order chi connectivity index (χ1) is 9.20. The van der Waals surface area contributed by atoms with E-state index in [1.165, 1.54) is 18.4 Å². The second-order valence-corrected chi connectivity index (χ2v) is 6.24. The topological polar surface area (TPSA) is 38.5 Å². The number of halogens is 1. The fourth-order valence-corrected chi connectivity index (χ4v) is 3.19. The molecule has 3 nitrogen and oxygen atoms in total. The van der Waals surface area contributed by atoms with Gasteiger partial charge in [-0.05, 0) is 43.5 Å². The maximum atomic E-state index is 5.97. The Labute approximate surface area is 124 Å². The molecule has 0 amide bonds. The second kappa shape index (κ2) is 7.39. The molecule has 1 fully saturated rings. The molecule has 1 aliphatic heterocycles. The van der Waals surface area contributed by atoms with E-state index in [0.29, 0.717) is 12.5 Å². The van der Waals surface area contributed by atoms with Crippen LogP contribution >= 0.6 is 15.9 Å². The first-order valence-corrected chi connectivity index (χ1v) is 7.73. The van der Waals surface area contributed by atoms with Crippen molar-refractivity contribution >= 4 is 15.9 Å². The zero-order valence-electron chi connectivity index (χ0n) is 11.5. The van der Waals surface area contributed by atoms with E-state index < -0.39 is 0 Å². The van der Waals surface area contributed by atoms with E-state index in [1.54, 1.807) is 0 Å². The predicted octanol–water partition coefficient (Wildman–Crippen LogP) is 2.81. The lowest BCUT2D eigenvalue weighted by atomic mass is 9.99. The van der Waals surface area contributed by atoms with Gasteiger partial charge in [0.05, 0.1) is 6.61 Å². The first kappa shape index (κ1) is 15.0. The summed E-state index contributed by atoms with van der Waals surface area (Å²) in [4.78, 5) is 2.36. The lowest BCUT2D eigenvalue weighted by molar-refractivity contribution is 0.0365. The average molecular weight is 327 g/mol. The number of ether oxygens (including phenoxy) is 1. The maximum Gasteiger partial charge on any atom is 0.0506 e. The first-order valence-electron chi connectivity index (χ1n) is 6.94. The highest BCUT2D eigenvalue weighted by Gasteiger charge is 2.21. The third kappa shape index (κ3) is 4.28. The molecule has 1 aliphatic rings. The molecule has 0 spiro atoms. The number of nitrogens with zero attached hydrogens (tertiary/aromatic N) is 1. The van der Waals surface area contributed by atoms with Crippen molar-refractivity contribution in [2.75, 3.05) is 33.4 Å². The smallest absolute Gasteiger partial charge is 0.0506 e. The molecule has 2 N–H and O–H groups in total. The van der Waals surface area contributed by atoms with E-state index in [-0.39, 0.29) is 6.04 Å². The monoisotopic (exact) mass is 326 g/mol. The average Bonchev–Trinajstić information content (AvgIpc) is 2.41. The molecule has 1 heterocycles. The van der Waals surface area contributed by atoms with Gasteiger partial charge >= 0.3 is 0 Å². The highest BCUT2D eigenvalue weighted by atomic mass is 79.9. The van der Waals surface area contributed by atoms with Crippen LogP contribution in [0.25, 0.3) is 0 Å². The molecule has 0 aromatic heterocycles. The maximum absolute atomic E-state index is 5.97. The molecule has 2 atom stereocenters. The molecular weight excluding hydrogens is 304 g/mol. The molecule has 4 heteroatoms. The van der Waals surface area contributed by atoms with Crippen LogP contribution in [-0.4, -0.2) is 38.3 Å². The van der Waals surface area contributed by atoms with Crippen LogP contribution in [0.5, 0.6) is 0 Å². The SMILES string of the molecule is CN(CC1CCCOC1)C(CN)c1cccc(Br)c1. The van der Waals surface area contributed by atoms with Crippen LogP contribution in [0.2, 0.25) is 0 Å². The van der Waals surface area contributed by atoms with Crippen molar-refractivity contribution in [2.24, 2.45) is 11.7 Å². The summed E-state index contributed by atoms with van der Waals surface area (Å²) in [5.74, 6) is 0.639. The number of hydrogen-bond donors (Lipinski definition) is 1. The minimum Gasteiger partial charge on any atom is -0.381 e. The molecule has 1 saturated heterocycles. The van der Waals surface area contributed by atoms with Gasteiger partial charge in [0, 0.05) is 30.2 Å². The Morgan fingerprint density at radius 3 is 3.00 bits per heavy atom. The minimum absolute atomic E-state index is 0.277. The summed E-state index contributed by atoms with van der Waals surface area (Å²) in [5, 5.41) is 0. The molecule has 2 unspecified atom stereocenters. The molecule has 0 bridgehead atoms. The Morgan fingerprint density at radius 1 is 1.53 bits per heavy atom. The highest BCUT2D eigenvalue weighted by molar-refractivity contribution is 9.10. The van der Waals surface area contributed by atoms with Gasteiger partial charge in [-0.25, -0.2) is 0 Å². The lowest BCUT2D eigenvalue weighted by Gasteiger charge is -2.32. The van der Waals surface area contributed by atoms with Gasteiger partial charge in [-0.15, -0.1) is 0 Å². The largest absolute Gasteiger partial charge is 0.381 e. The van der Waals surface area contributed by atoms with Crippen molar-refractivity contribution < 1.29 is 4.74 Å². The van der Waals surface area contributed by atoms with Crippen LogP contribution in [0.1, 0.15) is 24.4 Å². The summed E-state index contributed by atoms with van der Waals surface area (Å²) in [6.45, 7) is 3.50. The highest BCUT2D eigenvalue weighted by Crippen LogP contribution is 2.24. The van der Waals surface area contributed by atoms with Crippen LogP contribution in [0, 0.1) is 5.92 Å².